The molecule has 0 saturated heterocycles. The first kappa shape index (κ1) is 36.3. The van der Waals surface area contributed by atoms with Crippen LogP contribution in [0.3, 0.4) is 0 Å². The van der Waals surface area contributed by atoms with Crippen molar-refractivity contribution >= 4 is 21.5 Å². The van der Waals surface area contributed by atoms with Crippen LogP contribution in [0.15, 0.2) is 194 Å². The first-order chi connectivity index (χ1) is 29.5. The van der Waals surface area contributed by atoms with Crippen LogP contribution < -0.4 is 0 Å². The molecule has 1 aromatic heterocycles. The van der Waals surface area contributed by atoms with Gasteiger partial charge in [-0.15, -0.1) is 0 Å². The van der Waals surface area contributed by atoms with Gasteiger partial charge in [0.2, 0.25) is 0 Å². The summed E-state index contributed by atoms with van der Waals surface area (Å²) in [6, 6.07) is 70.3. The van der Waals surface area contributed by atoms with Gasteiger partial charge in [0.15, 0.2) is 17.5 Å². The summed E-state index contributed by atoms with van der Waals surface area (Å²) in [5, 5.41) is 15.0. The van der Waals surface area contributed by atoms with Gasteiger partial charge in [0.25, 0.3) is 0 Å². The molecule has 0 saturated carbocycles. The fraction of sp³-hybridized carbons (Fsp3) is 0.0357. The molecule has 0 bridgehead atoms. The molecule has 60 heavy (non-hydrogen) atoms. The van der Waals surface area contributed by atoms with E-state index in [0.29, 0.717) is 23.0 Å². The molecule has 0 spiro atoms. The third-order valence-corrected chi connectivity index (χ3v) is 11.3. The lowest BCUT2D eigenvalue weighted by Gasteiger charge is -2.14. The van der Waals surface area contributed by atoms with Crippen LogP contribution in [0.2, 0.25) is 0 Å². The lowest BCUT2D eigenvalue weighted by Crippen LogP contribution is -2.00. The smallest absolute Gasteiger partial charge is 0.164 e. The van der Waals surface area contributed by atoms with E-state index in [0.717, 1.165) is 55.6 Å². The van der Waals surface area contributed by atoms with Gasteiger partial charge < -0.3 is 0 Å². The van der Waals surface area contributed by atoms with Gasteiger partial charge in [0.05, 0.1) is 11.6 Å². The van der Waals surface area contributed by atoms with Crippen molar-refractivity contribution in [1.82, 2.24) is 15.0 Å². The second kappa shape index (κ2) is 15.4. The number of benzene rings is 9. The van der Waals surface area contributed by atoms with Gasteiger partial charge in [-0.05, 0) is 110 Å². The minimum absolute atomic E-state index is 0.606. The van der Waals surface area contributed by atoms with E-state index < -0.39 is 0 Å². The number of rotatable bonds is 7. The Morgan fingerprint density at radius 3 is 1.40 bits per heavy atom. The molecule has 10 rings (SSSR count). The number of hydrogen-bond donors (Lipinski definition) is 0. The lowest BCUT2D eigenvalue weighted by atomic mass is 9.90. The molecule has 0 aliphatic carbocycles. The highest BCUT2D eigenvalue weighted by molar-refractivity contribution is 6.08. The summed E-state index contributed by atoms with van der Waals surface area (Å²) in [6.07, 6.45) is 0. The standard InChI is InChI=1S/C56H38N4/c1-36-13-18-41(19-14-36)54-58-55(42-20-15-37(2)16-21-42)60-56(59-54)43-25-22-40(23-26-43)51-29-17-38(35-57)31-53(51)48-11-6-10-46(33-48)44-8-5-9-45(32-44)47-28-30-52-49(34-47)27-24-39-7-3-4-12-50(39)52/h3-34H,1-2H3. The number of nitriles is 1. The van der Waals surface area contributed by atoms with Crippen molar-refractivity contribution in [3.8, 4) is 84.7 Å². The Kier molecular flexibility index (Phi) is 9.33. The monoisotopic (exact) mass is 766 g/mol. The average molecular weight is 767 g/mol. The molecule has 1 heterocycles. The second-order valence-corrected chi connectivity index (χ2v) is 15.4. The zero-order valence-electron chi connectivity index (χ0n) is 33.3. The van der Waals surface area contributed by atoms with Crippen molar-refractivity contribution < 1.29 is 0 Å². The van der Waals surface area contributed by atoms with E-state index in [2.05, 4.69) is 196 Å². The topological polar surface area (TPSA) is 62.5 Å². The fourth-order valence-electron chi connectivity index (χ4n) is 8.01. The molecule has 0 unspecified atom stereocenters. The number of fused-ring (bicyclic) bond motifs is 3. The summed E-state index contributed by atoms with van der Waals surface area (Å²) < 4.78 is 0. The van der Waals surface area contributed by atoms with Gasteiger partial charge in [0.1, 0.15) is 0 Å². The molecule has 4 heteroatoms. The number of hydrogen-bond acceptors (Lipinski definition) is 4. The van der Waals surface area contributed by atoms with Gasteiger partial charge in [-0.25, -0.2) is 15.0 Å². The minimum atomic E-state index is 0.606. The zero-order chi connectivity index (χ0) is 40.6. The lowest BCUT2D eigenvalue weighted by molar-refractivity contribution is 1.07. The Morgan fingerprint density at radius 1 is 0.333 bits per heavy atom. The number of nitrogens with zero attached hydrogens (tertiary/aromatic N) is 4. The van der Waals surface area contributed by atoms with Crippen molar-refractivity contribution in [1.29, 1.82) is 5.26 Å². The number of aromatic nitrogens is 3. The molecule has 0 N–H and O–H groups in total. The maximum Gasteiger partial charge on any atom is 0.164 e. The molecule has 0 aliphatic heterocycles. The van der Waals surface area contributed by atoms with E-state index in [1.165, 1.54) is 38.2 Å². The fourth-order valence-corrected chi connectivity index (χ4v) is 8.01. The zero-order valence-corrected chi connectivity index (χ0v) is 33.3. The summed E-state index contributed by atoms with van der Waals surface area (Å²) in [5.74, 6) is 1.87. The first-order valence-electron chi connectivity index (χ1n) is 20.1. The summed E-state index contributed by atoms with van der Waals surface area (Å²) in [4.78, 5) is 14.8. The highest BCUT2D eigenvalue weighted by Gasteiger charge is 2.15. The van der Waals surface area contributed by atoms with Crippen LogP contribution in [-0.2, 0) is 0 Å². The second-order valence-electron chi connectivity index (χ2n) is 15.4. The van der Waals surface area contributed by atoms with Crippen LogP contribution in [-0.4, -0.2) is 15.0 Å². The Labute approximate surface area is 349 Å². The normalized spacial score (nSPS) is 11.2. The van der Waals surface area contributed by atoms with Crippen LogP contribution in [0.5, 0.6) is 0 Å². The van der Waals surface area contributed by atoms with Crippen LogP contribution in [0.1, 0.15) is 16.7 Å². The third kappa shape index (κ3) is 7.10. The van der Waals surface area contributed by atoms with Gasteiger partial charge in [0, 0.05) is 16.7 Å². The van der Waals surface area contributed by atoms with Crippen LogP contribution in [0.4, 0.5) is 0 Å². The summed E-state index contributed by atoms with van der Waals surface area (Å²) in [6.45, 7) is 4.15. The van der Waals surface area contributed by atoms with Crippen LogP contribution in [0, 0.1) is 25.2 Å². The van der Waals surface area contributed by atoms with Gasteiger partial charge >= 0.3 is 0 Å². The number of aryl methyl sites for hydroxylation is 2. The van der Waals surface area contributed by atoms with Crippen molar-refractivity contribution in [2.75, 3.05) is 0 Å². The molecule has 9 aromatic carbocycles. The van der Waals surface area contributed by atoms with E-state index in [4.69, 9.17) is 15.0 Å². The van der Waals surface area contributed by atoms with E-state index in [1.54, 1.807) is 0 Å². The van der Waals surface area contributed by atoms with Gasteiger partial charge in [-0.2, -0.15) is 5.26 Å². The van der Waals surface area contributed by atoms with Gasteiger partial charge in [-0.1, -0.05) is 175 Å². The molecule has 0 fully saturated rings. The van der Waals surface area contributed by atoms with Crippen LogP contribution >= 0.6 is 0 Å². The molecule has 0 aliphatic rings. The summed E-state index contributed by atoms with van der Waals surface area (Å²) >= 11 is 0. The van der Waals surface area contributed by atoms with E-state index >= 15 is 0 Å². The minimum Gasteiger partial charge on any atom is -0.208 e. The molecule has 0 atom stereocenters. The summed E-state index contributed by atoms with van der Waals surface area (Å²) in [7, 11) is 0. The Morgan fingerprint density at radius 2 is 0.800 bits per heavy atom. The van der Waals surface area contributed by atoms with Gasteiger partial charge in [-0.3, -0.25) is 0 Å². The predicted octanol–water partition coefficient (Wildman–Crippen LogP) is 14.3. The third-order valence-electron chi connectivity index (χ3n) is 11.3. The molecule has 0 amide bonds. The highest BCUT2D eigenvalue weighted by atomic mass is 15.0. The van der Waals surface area contributed by atoms with E-state index in [-0.39, 0.29) is 0 Å². The van der Waals surface area contributed by atoms with E-state index in [9.17, 15) is 5.26 Å². The Balaban J connectivity index is 0.994. The molecule has 282 valence electrons. The molecular formula is C56H38N4. The SMILES string of the molecule is Cc1ccc(-c2nc(-c3ccc(C)cc3)nc(-c3ccc(-c4ccc(C#N)cc4-c4cccc(-c5cccc(-c6ccc7c(ccc8ccccc87)c6)c5)c4)cc3)n2)cc1. The Hall–Kier alpha value is -8.00. The molecular weight excluding hydrogens is 729 g/mol. The van der Waals surface area contributed by atoms with E-state index in [1.807, 2.05) is 18.2 Å². The van der Waals surface area contributed by atoms with Crippen molar-refractivity contribution in [2.45, 2.75) is 13.8 Å². The molecule has 4 nitrogen and oxygen atoms in total. The largest absolute Gasteiger partial charge is 0.208 e. The first-order valence-corrected chi connectivity index (χ1v) is 20.1. The summed E-state index contributed by atoms with van der Waals surface area (Å²) in [5.41, 5.74) is 14.4. The van der Waals surface area contributed by atoms with Crippen molar-refractivity contribution in [2.24, 2.45) is 0 Å². The maximum absolute atomic E-state index is 9.99. The predicted molar refractivity (Wildman–Crippen MR) is 247 cm³/mol. The average Bonchev–Trinajstić information content (AvgIpc) is 3.31. The molecule has 0 radical (unpaired) electrons. The molecule has 10 aromatic rings. The van der Waals surface area contributed by atoms with Crippen molar-refractivity contribution in [3.05, 3.63) is 211 Å². The van der Waals surface area contributed by atoms with Crippen LogP contribution in [0.25, 0.3) is 100 Å². The quantitative estimate of drug-likeness (QED) is 0.152. The maximum atomic E-state index is 9.99. The van der Waals surface area contributed by atoms with Crippen molar-refractivity contribution in [3.63, 3.8) is 0 Å². The Bertz CT molecular complexity index is 3200. The highest BCUT2D eigenvalue weighted by Crippen LogP contribution is 2.37.